The van der Waals surface area contributed by atoms with Crippen LogP contribution in [0.4, 0.5) is 13.2 Å². The number of hydrogen-bond acceptors (Lipinski definition) is 3. The lowest BCUT2D eigenvalue weighted by atomic mass is 10.4. The molecule has 0 aliphatic heterocycles. The summed E-state index contributed by atoms with van der Waals surface area (Å²) in [6, 6.07) is 0.823. The number of halogens is 3. The fourth-order valence-electron chi connectivity index (χ4n) is 1.31. The molecule has 1 aromatic rings. The van der Waals surface area contributed by atoms with Crippen molar-refractivity contribution in [3.05, 3.63) is 30.1 Å². The molecule has 0 radical (unpaired) electrons. The van der Waals surface area contributed by atoms with Gasteiger partial charge in [0.15, 0.2) is 5.69 Å². The van der Waals surface area contributed by atoms with Gasteiger partial charge in [0, 0.05) is 12.7 Å². The zero-order chi connectivity index (χ0) is 15.2. The van der Waals surface area contributed by atoms with Crippen molar-refractivity contribution in [2.24, 2.45) is 0 Å². The molecule has 0 fully saturated rings. The van der Waals surface area contributed by atoms with Crippen molar-refractivity contribution in [3.63, 3.8) is 0 Å². The molecule has 0 saturated heterocycles. The Morgan fingerprint density at radius 3 is 2.80 bits per heavy atom. The molecule has 1 amide bonds. The monoisotopic (exact) mass is 291 g/mol. The molecule has 0 aromatic carbocycles. The lowest BCUT2D eigenvalue weighted by Crippen LogP contribution is -2.31. The van der Waals surface area contributed by atoms with E-state index in [4.69, 9.17) is 4.74 Å². The quantitative estimate of drug-likeness (QED) is 0.613. The van der Waals surface area contributed by atoms with E-state index in [2.05, 4.69) is 17.0 Å². The van der Waals surface area contributed by atoms with Gasteiger partial charge in [-0.1, -0.05) is 12.2 Å². The number of carbonyl (C=O) groups excluding carboxylic acids is 1. The molecule has 0 saturated carbocycles. The van der Waals surface area contributed by atoms with Gasteiger partial charge in [0.1, 0.15) is 6.54 Å². The molecule has 8 heteroatoms. The predicted molar refractivity (Wildman–Crippen MR) is 65.9 cm³/mol. The largest absolute Gasteiger partial charge is 0.435 e. The molecule has 1 rings (SSSR count). The predicted octanol–water partition coefficient (Wildman–Crippen LogP) is 1.61. The van der Waals surface area contributed by atoms with Crippen LogP contribution in [0, 0.1) is 0 Å². The second-order valence-corrected chi connectivity index (χ2v) is 4.26. The Hall–Kier alpha value is -1.83. The Morgan fingerprint density at radius 2 is 2.25 bits per heavy atom. The van der Waals surface area contributed by atoms with Crippen molar-refractivity contribution in [3.8, 4) is 0 Å². The zero-order valence-electron chi connectivity index (χ0n) is 11.0. The summed E-state index contributed by atoms with van der Waals surface area (Å²) in [5.74, 6) is -0.430. The van der Waals surface area contributed by atoms with E-state index < -0.39 is 17.8 Å². The highest BCUT2D eigenvalue weighted by Crippen LogP contribution is 2.27. The molecule has 20 heavy (non-hydrogen) atoms. The van der Waals surface area contributed by atoms with Gasteiger partial charge in [-0.3, -0.25) is 9.48 Å². The van der Waals surface area contributed by atoms with Crippen LogP contribution in [0.3, 0.4) is 0 Å². The first-order valence-corrected chi connectivity index (χ1v) is 5.88. The summed E-state index contributed by atoms with van der Waals surface area (Å²) >= 11 is 0. The molecule has 0 aliphatic rings. The highest BCUT2D eigenvalue weighted by Gasteiger charge is 2.33. The second kappa shape index (κ2) is 7.09. The van der Waals surface area contributed by atoms with E-state index in [1.54, 1.807) is 0 Å². The molecule has 0 atom stereocenters. The minimum absolute atomic E-state index is 0.267. The van der Waals surface area contributed by atoms with Crippen molar-refractivity contribution in [2.75, 3.05) is 19.8 Å². The van der Waals surface area contributed by atoms with Crippen LogP contribution in [0.5, 0.6) is 0 Å². The lowest BCUT2D eigenvalue weighted by molar-refractivity contribution is -0.141. The van der Waals surface area contributed by atoms with E-state index in [0.29, 0.717) is 13.2 Å². The van der Waals surface area contributed by atoms with Crippen LogP contribution < -0.4 is 5.32 Å². The van der Waals surface area contributed by atoms with Crippen molar-refractivity contribution >= 4 is 5.91 Å². The number of nitrogens with zero attached hydrogens (tertiary/aromatic N) is 2. The minimum Gasteiger partial charge on any atom is -0.375 e. The average molecular weight is 291 g/mol. The summed E-state index contributed by atoms with van der Waals surface area (Å²) in [5, 5.41) is 5.79. The van der Waals surface area contributed by atoms with E-state index in [1.807, 2.05) is 6.92 Å². The third kappa shape index (κ3) is 5.87. The number of alkyl halides is 3. The SMILES string of the molecule is C=C(C)COCCNC(=O)Cn1ccc(C(F)(F)F)n1. The van der Waals surface area contributed by atoms with Crippen LogP contribution in [0.15, 0.2) is 24.4 Å². The molecule has 0 unspecified atom stereocenters. The van der Waals surface area contributed by atoms with E-state index in [1.165, 1.54) is 0 Å². The molecule has 112 valence electrons. The summed E-state index contributed by atoms with van der Waals surface area (Å²) in [5.41, 5.74) is -0.150. The van der Waals surface area contributed by atoms with Gasteiger partial charge in [-0.2, -0.15) is 18.3 Å². The molecule has 0 spiro atoms. The number of rotatable bonds is 7. The van der Waals surface area contributed by atoms with Gasteiger partial charge in [-0.25, -0.2) is 0 Å². The first-order valence-electron chi connectivity index (χ1n) is 5.88. The van der Waals surface area contributed by atoms with E-state index in [9.17, 15) is 18.0 Å². The molecule has 5 nitrogen and oxygen atoms in total. The van der Waals surface area contributed by atoms with Gasteiger partial charge < -0.3 is 10.1 Å². The summed E-state index contributed by atoms with van der Waals surface area (Å²) in [6.07, 6.45) is -3.39. The molecular formula is C12H16F3N3O2. The Labute approximate surface area is 114 Å². The number of aromatic nitrogens is 2. The van der Waals surface area contributed by atoms with Gasteiger partial charge in [-0.05, 0) is 13.0 Å². The summed E-state index contributed by atoms with van der Waals surface area (Å²) in [4.78, 5) is 11.4. The Kier molecular flexibility index (Phi) is 5.75. The maximum Gasteiger partial charge on any atom is 0.435 e. The number of carbonyl (C=O) groups is 1. The highest BCUT2D eigenvalue weighted by atomic mass is 19.4. The molecule has 0 aliphatic carbocycles. The van der Waals surface area contributed by atoms with Crippen LogP contribution in [0.2, 0.25) is 0 Å². The summed E-state index contributed by atoms with van der Waals surface area (Å²) < 4.78 is 43.0. The van der Waals surface area contributed by atoms with Crippen LogP contribution in [-0.2, 0) is 22.3 Å². The van der Waals surface area contributed by atoms with Crippen LogP contribution >= 0.6 is 0 Å². The fourth-order valence-corrected chi connectivity index (χ4v) is 1.31. The molecule has 0 bridgehead atoms. The molecule has 1 aromatic heterocycles. The van der Waals surface area contributed by atoms with Crippen molar-refractivity contribution in [2.45, 2.75) is 19.6 Å². The smallest absolute Gasteiger partial charge is 0.375 e. The van der Waals surface area contributed by atoms with Gasteiger partial charge >= 0.3 is 6.18 Å². The first kappa shape index (κ1) is 16.2. The Balaban J connectivity index is 2.29. The molecular weight excluding hydrogens is 275 g/mol. The van der Waals surface area contributed by atoms with Crippen LogP contribution in [-0.4, -0.2) is 35.4 Å². The van der Waals surface area contributed by atoms with Gasteiger partial charge in [0.2, 0.25) is 5.91 Å². The number of nitrogens with one attached hydrogen (secondary N) is 1. The van der Waals surface area contributed by atoms with Gasteiger partial charge in [0.05, 0.1) is 13.2 Å². The second-order valence-electron chi connectivity index (χ2n) is 4.26. The standard InChI is InChI=1S/C12H16F3N3O2/c1-9(2)8-20-6-4-16-11(19)7-18-5-3-10(17-18)12(13,14)15/h3,5H,1,4,6-8H2,2H3,(H,16,19). The summed E-state index contributed by atoms with van der Waals surface area (Å²) in [6.45, 7) is 6.19. The fraction of sp³-hybridized carbons (Fsp3) is 0.500. The highest BCUT2D eigenvalue weighted by molar-refractivity contribution is 5.75. The topological polar surface area (TPSA) is 56.1 Å². The summed E-state index contributed by atoms with van der Waals surface area (Å²) in [7, 11) is 0. The normalized spacial score (nSPS) is 11.4. The van der Waals surface area contributed by atoms with E-state index >= 15 is 0 Å². The van der Waals surface area contributed by atoms with Crippen LogP contribution in [0.1, 0.15) is 12.6 Å². The van der Waals surface area contributed by atoms with Crippen LogP contribution in [0.25, 0.3) is 0 Å². The van der Waals surface area contributed by atoms with E-state index in [0.717, 1.165) is 22.5 Å². The Morgan fingerprint density at radius 1 is 1.55 bits per heavy atom. The Bertz CT molecular complexity index is 469. The van der Waals surface area contributed by atoms with Gasteiger partial charge in [-0.15, -0.1) is 0 Å². The van der Waals surface area contributed by atoms with Crippen molar-refractivity contribution in [1.82, 2.24) is 15.1 Å². The number of hydrogen-bond donors (Lipinski definition) is 1. The third-order valence-corrected chi connectivity index (χ3v) is 2.15. The molecule has 1 N–H and O–H groups in total. The lowest BCUT2D eigenvalue weighted by Gasteiger charge is -2.06. The first-order chi connectivity index (χ1) is 9.29. The zero-order valence-corrected chi connectivity index (χ0v) is 11.0. The van der Waals surface area contributed by atoms with Gasteiger partial charge in [0.25, 0.3) is 0 Å². The number of ether oxygens (including phenoxy) is 1. The number of amides is 1. The average Bonchev–Trinajstić information content (AvgIpc) is 2.76. The third-order valence-electron chi connectivity index (χ3n) is 2.15. The maximum absolute atomic E-state index is 12.3. The van der Waals surface area contributed by atoms with E-state index in [-0.39, 0.29) is 13.1 Å². The van der Waals surface area contributed by atoms with Crippen molar-refractivity contribution in [1.29, 1.82) is 0 Å². The molecule has 1 heterocycles. The van der Waals surface area contributed by atoms with Crippen molar-refractivity contribution < 1.29 is 22.7 Å². The maximum atomic E-state index is 12.3. The minimum atomic E-state index is -4.50.